The van der Waals surface area contributed by atoms with Crippen LogP contribution >= 0.6 is 23.4 Å². The van der Waals surface area contributed by atoms with Gasteiger partial charge < -0.3 is 9.88 Å². The van der Waals surface area contributed by atoms with Gasteiger partial charge in [-0.05, 0) is 23.8 Å². The van der Waals surface area contributed by atoms with Crippen LogP contribution in [0.15, 0.2) is 41.4 Å². The normalized spacial score (nSPS) is 19.2. The van der Waals surface area contributed by atoms with E-state index >= 15 is 0 Å². The topological polar surface area (TPSA) is 76.7 Å². The van der Waals surface area contributed by atoms with Crippen molar-refractivity contribution in [1.82, 2.24) is 19.1 Å². The van der Waals surface area contributed by atoms with Crippen molar-refractivity contribution in [3.8, 4) is 0 Å². The number of halogens is 1. The molecule has 2 aliphatic heterocycles. The van der Waals surface area contributed by atoms with Gasteiger partial charge in [-0.3, -0.25) is 9.69 Å². The summed E-state index contributed by atoms with van der Waals surface area (Å²) in [5.74, 6) is 1.44. The molecule has 2 aromatic rings. The number of H-pyrrole nitrogens is 1. The SMILES string of the molecule is O=C(c1cc(S(=O)(=O)N2CCSCC2)c[nH]1)N1CCN(Cc2cccc(Cl)c2)CC1. The van der Waals surface area contributed by atoms with Crippen molar-refractivity contribution < 1.29 is 13.2 Å². The van der Waals surface area contributed by atoms with Crippen LogP contribution in [0.25, 0.3) is 0 Å². The highest BCUT2D eigenvalue weighted by Crippen LogP contribution is 2.22. The minimum absolute atomic E-state index is 0.159. The molecule has 7 nitrogen and oxygen atoms in total. The number of carbonyl (C=O) groups excluding carboxylic acids is 1. The number of aromatic amines is 1. The molecule has 0 atom stereocenters. The molecule has 0 radical (unpaired) electrons. The van der Waals surface area contributed by atoms with Crippen LogP contribution in [0.4, 0.5) is 0 Å². The third-order valence-electron chi connectivity index (χ3n) is 5.45. The van der Waals surface area contributed by atoms with Crippen molar-refractivity contribution in [3.05, 3.63) is 52.8 Å². The molecule has 162 valence electrons. The highest BCUT2D eigenvalue weighted by Gasteiger charge is 2.29. The van der Waals surface area contributed by atoms with E-state index in [0.29, 0.717) is 31.9 Å². The molecular formula is C20H25ClN4O3S2. The third-order valence-corrected chi connectivity index (χ3v) is 8.50. The van der Waals surface area contributed by atoms with E-state index in [-0.39, 0.29) is 10.8 Å². The molecule has 0 spiro atoms. The zero-order valence-corrected chi connectivity index (χ0v) is 19.0. The molecule has 0 aliphatic carbocycles. The summed E-state index contributed by atoms with van der Waals surface area (Å²) in [5.41, 5.74) is 1.47. The maximum Gasteiger partial charge on any atom is 0.270 e. The van der Waals surface area contributed by atoms with Crippen LogP contribution in [0, 0.1) is 0 Å². The largest absolute Gasteiger partial charge is 0.356 e. The average Bonchev–Trinajstić information content (AvgIpc) is 3.26. The van der Waals surface area contributed by atoms with Gasteiger partial charge in [0.05, 0.1) is 0 Å². The van der Waals surface area contributed by atoms with E-state index in [1.165, 1.54) is 16.6 Å². The minimum atomic E-state index is -3.55. The fourth-order valence-corrected chi connectivity index (χ4v) is 6.54. The van der Waals surface area contributed by atoms with Gasteiger partial charge in [-0.1, -0.05) is 23.7 Å². The maximum absolute atomic E-state index is 12.9. The highest BCUT2D eigenvalue weighted by molar-refractivity contribution is 7.99. The van der Waals surface area contributed by atoms with Gasteiger partial charge in [-0.25, -0.2) is 8.42 Å². The maximum atomic E-state index is 12.9. The summed E-state index contributed by atoms with van der Waals surface area (Å²) in [6, 6.07) is 9.28. The average molecular weight is 469 g/mol. The molecule has 1 amide bonds. The molecule has 0 unspecified atom stereocenters. The summed E-state index contributed by atoms with van der Waals surface area (Å²) in [6.07, 6.45) is 1.43. The lowest BCUT2D eigenvalue weighted by molar-refractivity contribution is 0.0623. The van der Waals surface area contributed by atoms with Gasteiger partial charge in [0.1, 0.15) is 10.6 Å². The van der Waals surface area contributed by atoms with Crippen molar-refractivity contribution >= 4 is 39.3 Å². The van der Waals surface area contributed by atoms with E-state index in [1.54, 1.807) is 16.7 Å². The van der Waals surface area contributed by atoms with Crippen molar-refractivity contribution in [2.75, 3.05) is 50.8 Å². The van der Waals surface area contributed by atoms with Crippen molar-refractivity contribution in [1.29, 1.82) is 0 Å². The number of rotatable bonds is 5. The molecular weight excluding hydrogens is 444 g/mol. The Morgan fingerprint density at radius 1 is 1.07 bits per heavy atom. The standard InChI is InChI=1S/C20H25ClN4O3S2/c21-17-3-1-2-16(12-17)15-23-4-6-24(7-5-23)20(26)19-13-18(14-22-19)30(27,28)25-8-10-29-11-9-25/h1-3,12-14,22H,4-11,15H2. The Hall–Kier alpha value is -1.52. The molecule has 1 N–H and O–H groups in total. The lowest BCUT2D eigenvalue weighted by Crippen LogP contribution is -2.48. The Labute approximate surface area is 186 Å². The van der Waals surface area contributed by atoms with Crippen LogP contribution < -0.4 is 0 Å². The van der Waals surface area contributed by atoms with Gasteiger partial charge in [0.2, 0.25) is 10.0 Å². The zero-order valence-electron chi connectivity index (χ0n) is 16.6. The first kappa shape index (κ1) is 21.7. The quantitative estimate of drug-likeness (QED) is 0.729. The monoisotopic (exact) mass is 468 g/mol. The number of amides is 1. The summed E-state index contributed by atoms with van der Waals surface area (Å²) in [5, 5.41) is 0.724. The van der Waals surface area contributed by atoms with Crippen LogP contribution in [-0.4, -0.2) is 84.2 Å². The summed E-state index contributed by atoms with van der Waals surface area (Å²) in [4.78, 5) is 20.0. The molecule has 30 heavy (non-hydrogen) atoms. The fraction of sp³-hybridized carbons (Fsp3) is 0.450. The lowest BCUT2D eigenvalue weighted by atomic mass is 10.2. The van der Waals surface area contributed by atoms with E-state index in [0.717, 1.165) is 41.7 Å². The van der Waals surface area contributed by atoms with Gasteiger partial charge in [0, 0.05) is 68.5 Å². The lowest BCUT2D eigenvalue weighted by Gasteiger charge is -2.34. The zero-order chi connectivity index (χ0) is 21.1. The Morgan fingerprint density at radius 3 is 2.50 bits per heavy atom. The number of piperazine rings is 1. The predicted octanol–water partition coefficient (Wildman–Crippen LogP) is 2.36. The molecule has 2 aliphatic rings. The second-order valence-electron chi connectivity index (χ2n) is 7.46. The Morgan fingerprint density at radius 2 is 1.80 bits per heavy atom. The van der Waals surface area contributed by atoms with E-state index in [2.05, 4.69) is 9.88 Å². The first-order chi connectivity index (χ1) is 14.4. The molecule has 10 heteroatoms. The first-order valence-electron chi connectivity index (χ1n) is 9.96. The summed E-state index contributed by atoms with van der Waals surface area (Å²) in [6.45, 7) is 4.53. The highest BCUT2D eigenvalue weighted by atomic mass is 35.5. The van der Waals surface area contributed by atoms with Crippen LogP contribution in [0.5, 0.6) is 0 Å². The predicted molar refractivity (Wildman–Crippen MR) is 120 cm³/mol. The summed E-state index contributed by atoms with van der Waals surface area (Å²) in [7, 11) is -3.55. The van der Waals surface area contributed by atoms with Gasteiger partial charge in [0.15, 0.2) is 0 Å². The smallest absolute Gasteiger partial charge is 0.270 e. The Balaban J connectivity index is 1.35. The molecule has 0 saturated carbocycles. The number of nitrogens with one attached hydrogen (secondary N) is 1. The van der Waals surface area contributed by atoms with Crippen LogP contribution in [0.2, 0.25) is 5.02 Å². The number of nitrogens with zero attached hydrogens (tertiary/aromatic N) is 3. The number of hydrogen-bond acceptors (Lipinski definition) is 5. The second-order valence-corrected chi connectivity index (χ2v) is 11.1. The minimum Gasteiger partial charge on any atom is -0.356 e. The molecule has 4 rings (SSSR count). The third kappa shape index (κ3) is 4.86. The van der Waals surface area contributed by atoms with Crippen molar-refractivity contribution in [2.24, 2.45) is 0 Å². The van der Waals surface area contributed by atoms with E-state index in [4.69, 9.17) is 11.6 Å². The molecule has 1 aromatic heterocycles. The van der Waals surface area contributed by atoms with Crippen molar-refractivity contribution in [3.63, 3.8) is 0 Å². The van der Waals surface area contributed by atoms with Crippen molar-refractivity contribution in [2.45, 2.75) is 11.4 Å². The molecule has 2 saturated heterocycles. The number of aromatic nitrogens is 1. The molecule has 2 fully saturated rings. The number of sulfonamides is 1. The van der Waals surface area contributed by atoms with Crippen LogP contribution in [-0.2, 0) is 16.6 Å². The molecule has 0 bridgehead atoms. The number of carbonyl (C=O) groups is 1. The summed E-state index contributed by atoms with van der Waals surface area (Å²) >= 11 is 7.81. The molecule has 1 aromatic carbocycles. The second kappa shape index (κ2) is 9.32. The van der Waals surface area contributed by atoms with Crippen LogP contribution in [0.1, 0.15) is 16.1 Å². The Bertz CT molecular complexity index is 997. The number of benzene rings is 1. The van der Waals surface area contributed by atoms with E-state index < -0.39 is 10.0 Å². The summed E-state index contributed by atoms with van der Waals surface area (Å²) < 4.78 is 27.1. The van der Waals surface area contributed by atoms with Gasteiger partial charge in [-0.15, -0.1) is 0 Å². The van der Waals surface area contributed by atoms with Gasteiger partial charge in [-0.2, -0.15) is 16.1 Å². The van der Waals surface area contributed by atoms with E-state index in [9.17, 15) is 13.2 Å². The van der Waals surface area contributed by atoms with Gasteiger partial charge in [0.25, 0.3) is 5.91 Å². The molecule has 3 heterocycles. The number of thioether (sulfide) groups is 1. The fourth-order valence-electron chi connectivity index (χ4n) is 3.76. The Kier molecular flexibility index (Phi) is 6.74. The van der Waals surface area contributed by atoms with Crippen LogP contribution in [0.3, 0.4) is 0 Å². The van der Waals surface area contributed by atoms with Gasteiger partial charge >= 0.3 is 0 Å². The van der Waals surface area contributed by atoms with E-state index in [1.807, 2.05) is 24.3 Å². The first-order valence-corrected chi connectivity index (χ1v) is 12.9. The number of hydrogen-bond donors (Lipinski definition) is 1.